The van der Waals surface area contributed by atoms with Crippen molar-refractivity contribution in [2.45, 2.75) is 50.5 Å². The van der Waals surface area contributed by atoms with E-state index in [4.69, 9.17) is 5.11 Å². The Kier molecular flexibility index (Phi) is 3.54. The Labute approximate surface area is 104 Å². The van der Waals surface area contributed by atoms with Gasteiger partial charge in [-0.2, -0.15) is 0 Å². The number of carbonyl (C=O) groups is 2. The van der Waals surface area contributed by atoms with E-state index in [1.165, 1.54) is 0 Å². The van der Waals surface area contributed by atoms with E-state index < -0.39 is 23.7 Å². The van der Waals surface area contributed by atoms with Gasteiger partial charge in [-0.15, -0.1) is 0 Å². The molecule has 1 amide bonds. The monoisotopic (exact) mass is 261 g/mol. The first-order valence-electron chi connectivity index (χ1n) is 6.28. The summed E-state index contributed by atoms with van der Waals surface area (Å²) in [7, 11) is 0. The summed E-state index contributed by atoms with van der Waals surface area (Å²) < 4.78 is 26.0. The highest BCUT2D eigenvalue weighted by Crippen LogP contribution is 2.39. The van der Waals surface area contributed by atoms with Gasteiger partial charge in [0.1, 0.15) is 0 Å². The molecule has 0 spiro atoms. The van der Waals surface area contributed by atoms with Crippen molar-refractivity contribution in [3.05, 3.63) is 0 Å². The molecule has 0 aliphatic heterocycles. The van der Waals surface area contributed by atoms with E-state index >= 15 is 0 Å². The zero-order valence-corrected chi connectivity index (χ0v) is 9.99. The van der Waals surface area contributed by atoms with Crippen molar-refractivity contribution in [1.82, 2.24) is 5.32 Å². The molecule has 2 fully saturated rings. The predicted molar refractivity (Wildman–Crippen MR) is 59.2 cm³/mol. The van der Waals surface area contributed by atoms with Gasteiger partial charge in [0.15, 0.2) is 0 Å². The standard InChI is InChI=1S/C12H17F2NO3/c13-12(14)4-3-8(6-12)10(16)15-9-2-1-7(5-9)11(17)18/h7-9H,1-6H2,(H,15,16)(H,17,18)/t7-,8?,9+/m1/s1. The van der Waals surface area contributed by atoms with E-state index in [1.807, 2.05) is 0 Å². The lowest BCUT2D eigenvalue weighted by atomic mass is 10.1. The van der Waals surface area contributed by atoms with Crippen molar-refractivity contribution < 1.29 is 23.5 Å². The molecule has 2 saturated carbocycles. The summed E-state index contributed by atoms with van der Waals surface area (Å²) in [6, 6.07) is -0.173. The highest BCUT2D eigenvalue weighted by atomic mass is 19.3. The van der Waals surface area contributed by atoms with Gasteiger partial charge in [0.2, 0.25) is 11.8 Å². The Bertz CT molecular complexity index is 359. The van der Waals surface area contributed by atoms with Crippen molar-refractivity contribution in [2.75, 3.05) is 0 Å². The molecule has 4 nitrogen and oxygen atoms in total. The lowest BCUT2D eigenvalue weighted by Gasteiger charge is -2.16. The van der Waals surface area contributed by atoms with Crippen LogP contribution in [0.5, 0.6) is 0 Å². The van der Waals surface area contributed by atoms with Crippen molar-refractivity contribution in [1.29, 1.82) is 0 Å². The van der Waals surface area contributed by atoms with Gasteiger partial charge in [0, 0.05) is 24.8 Å². The number of carbonyl (C=O) groups excluding carboxylic acids is 1. The third-order valence-electron chi connectivity index (χ3n) is 3.90. The van der Waals surface area contributed by atoms with Crippen LogP contribution in [0.3, 0.4) is 0 Å². The molecule has 0 radical (unpaired) electrons. The number of carboxylic acids is 1. The van der Waals surface area contributed by atoms with Crippen LogP contribution in [-0.4, -0.2) is 28.9 Å². The number of carboxylic acid groups (broad SMARTS) is 1. The van der Waals surface area contributed by atoms with E-state index in [-0.39, 0.29) is 31.2 Å². The molecule has 0 saturated heterocycles. The van der Waals surface area contributed by atoms with Gasteiger partial charge in [0.25, 0.3) is 0 Å². The Morgan fingerprint density at radius 2 is 1.89 bits per heavy atom. The molecule has 2 aliphatic carbocycles. The van der Waals surface area contributed by atoms with Crippen molar-refractivity contribution in [3.63, 3.8) is 0 Å². The van der Waals surface area contributed by atoms with Crippen molar-refractivity contribution in [2.24, 2.45) is 11.8 Å². The Hall–Kier alpha value is -1.20. The van der Waals surface area contributed by atoms with Crippen LogP contribution >= 0.6 is 0 Å². The first kappa shape index (κ1) is 13.2. The SMILES string of the molecule is O=C(N[C@H]1CC[C@@H](C(=O)O)C1)C1CCC(F)(F)C1. The summed E-state index contributed by atoms with van der Waals surface area (Å²) in [5.74, 6) is -4.95. The van der Waals surface area contributed by atoms with Crippen LogP contribution in [0.4, 0.5) is 8.78 Å². The molecule has 0 aromatic carbocycles. The number of hydrogen-bond donors (Lipinski definition) is 2. The fourth-order valence-electron chi connectivity index (χ4n) is 2.83. The maximum absolute atomic E-state index is 13.0. The highest BCUT2D eigenvalue weighted by molar-refractivity contribution is 5.79. The minimum Gasteiger partial charge on any atom is -0.481 e. The molecule has 2 aliphatic rings. The number of alkyl halides is 2. The maximum Gasteiger partial charge on any atom is 0.306 e. The van der Waals surface area contributed by atoms with E-state index in [1.54, 1.807) is 0 Å². The smallest absolute Gasteiger partial charge is 0.306 e. The molecule has 102 valence electrons. The number of halogens is 2. The minimum absolute atomic E-state index is 0.173. The third-order valence-corrected chi connectivity index (χ3v) is 3.90. The molecule has 18 heavy (non-hydrogen) atoms. The minimum atomic E-state index is -2.72. The molecular weight excluding hydrogens is 244 g/mol. The van der Waals surface area contributed by atoms with E-state index in [0.717, 1.165) is 0 Å². The summed E-state index contributed by atoms with van der Waals surface area (Å²) >= 11 is 0. The number of rotatable bonds is 3. The second-order valence-electron chi connectivity index (χ2n) is 5.35. The van der Waals surface area contributed by atoms with Crippen LogP contribution in [0.2, 0.25) is 0 Å². The number of hydrogen-bond acceptors (Lipinski definition) is 2. The van der Waals surface area contributed by atoms with Crippen LogP contribution < -0.4 is 5.32 Å². The molecule has 0 heterocycles. The summed E-state index contributed by atoms with van der Waals surface area (Å²) in [4.78, 5) is 22.5. The second kappa shape index (κ2) is 4.82. The molecular formula is C12H17F2NO3. The molecule has 3 atom stereocenters. The molecule has 0 aromatic heterocycles. The number of nitrogens with one attached hydrogen (secondary N) is 1. The van der Waals surface area contributed by atoms with Gasteiger partial charge in [-0.3, -0.25) is 9.59 Å². The van der Waals surface area contributed by atoms with Crippen LogP contribution in [0, 0.1) is 11.8 Å². The number of aliphatic carboxylic acids is 1. The average molecular weight is 261 g/mol. The predicted octanol–water partition coefficient (Wildman–Crippen LogP) is 1.79. The third kappa shape index (κ3) is 2.97. The highest BCUT2D eigenvalue weighted by Gasteiger charge is 2.43. The summed E-state index contributed by atoms with van der Waals surface area (Å²) in [6.45, 7) is 0. The lowest BCUT2D eigenvalue weighted by molar-refractivity contribution is -0.141. The Balaban J connectivity index is 1.81. The first-order chi connectivity index (χ1) is 8.37. The molecule has 2 N–H and O–H groups in total. The molecule has 0 bridgehead atoms. The average Bonchev–Trinajstić information content (AvgIpc) is 2.84. The topological polar surface area (TPSA) is 66.4 Å². The van der Waals surface area contributed by atoms with Gasteiger partial charge in [0.05, 0.1) is 5.92 Å². The van der Waals surface area contributed by atoms with Crippen LogP contribution in [-0.2, 0) is 9.59 Å². The van der Waals surface area contributed by atoms with Gasteiger partial charge in [-0.1, -0.05) is 0 Å². The fraction of sp³-hybridized carbons (Fsp3) is 0.833. The first-order valence-corrected chi connectivity index (χ1v) is 6.28. The van der Waals surface area contributed by atoms with Crippen LogP contribution in [0.25, 0.3) is 0 Å². The van der Waals surface area contributed by atoms with E-state index in [2.05, 4.69) is 5.32 Å². The second-order valence-corrected chi connectivity index (χ2v) is 5.35. The van der Waals surface area contributed by atoms with E-state index in [9.17, 15) is 18.4 Å². The normalized spacial score (nSPS) is 34.4. The zero-order chi connectivity index (χ0) is 13.3. The van der Waals surface area contributed by atoms with Gasteiger partial charge in [-0.05, 0) is 25.7 Å². The van der Waals surface area contributed by atoms with Crippen molar-refractivity contribution >= 4 is 11.9 Å². The lowest BCUT2D eigenvalue weighted by Crippen LogP contribution is -2.37. The van der Waals surface area contributed by atoms with Crippen molar-refractivity contribution in [3.8, 4) is 0 Å². The summed E-state index contributed by atoms with van der Waals surface area (Å²) in [5, 5.41) is 11.5. The molecule has 0 aromatic rings. The Morgan fingerprint density at radius 1 is 1.17 bits per heavy atom. The molecule has 2 rings (SSSR count). The quantitative estimate of drug-likeness (QED) is 0.814. The molecule has 1 unspecified atom stereocenters. The Morgan fingerprint density at radius 3 is 2.39 bits per heavy atom. The van der Waals surface area contributed by atoms with Crippen LogP contribution in [0.1, 0.15) is 38.5 Å². The maximum atomic E-state index is 13.0. The zero-order valence-electron chi connectivity index (χ0n) is 9.99. The van der Waals surface area contributed by atoms with Gasteiger partial charge in [-0.25, -0.2) is 8.78 Å². The fourth-order valence-corrected chi connectivity index (χ4v) is 2.83. The van der Waals surface area contributed by atoms with Gasteiger partial charge < -0.3 is 10.4 Å². The largest absolute Gasteiger partial charge is 0.481 e. The van der Waals surface area contributed by atoms with Gasteiger partial charge >= 0.3 is 5.97 Å². The van der Waals surface area contributed by atoms with E-state index in [0.29, 0.717) is 19.3 Å². The number of amides is 1. The summed E-state index contributed by atoms with van der Waals surface area (Å²) in [5.41, 5.74) is 0. The molecule has 6 heteroatoms. The van der Waals surface area contributed by atoms with Crippen LogP contribution in [0.15, 0.2) is 0 Å². The summed E-state index contributed by atoms with van der Waals surface area (Å²) in [6.07, 6.45) is 1.17.